The molecule has 0 aliphatic heterocycles. The van der Waals surface area contributed by atoms with Crippen molar-refractivity contribution in [1.82, 2.24) is 9.80 Å². The highest BCUT2D eigenvalue weighted by molar-refractivity contribution is 5.85. The molecule has 0 heterocycles. The van der Waals surface area contributed by atoms with Crippen LogP contribution in [0.25, 0.3) is 0 Å². The number of carbonyl (C=O) groups is 2. The predicted molar refractivity (Wildman–Crippen MR) is 63.7 cm³/mol. The van der Waals surface area contributed by atoms with Crippen molar-refractivity contribution in [2.75, 3.05) is 26.7 Å². The Morgan fingerprint density at radius 2 is 1.94 bits per heavy atom. The predicted octanol–water partition coefficient (Wildman–Crippen LogP) is 0.382. The molecule has 0 rings (SSSR count). The van der Waals surface area contributed by atoms with Crippen molar-refractivity contribution in [3.63, 3.8) is 0 Å². The molecule has 2 N–H and O–H groups in total. The lowest BCUT2D eigenvalue weighted by atomic mass is 10.0. The molecule has 0 atom stereocenters. The first kappa shape index (κ1) is 15.4. The molecule has 2 amide bonds. The van der Waals surface area contributed by atoms with Crippen molar-refractivity contribution in [2.45, 2.75) is 19.4 Å². The molecule has 0 unspecified atom stereocenters. The Morgan fingerprint density at radius 3 is 2.29 bits per heavy atom. The number of carbonyl (C=O) groups excluding carboxylic acids is 1. The van der Waals surface area contributed by atoms with Gasteiger partial charge in [-0.25, -0.2) is 9.59 Å². The highest BCUT2D eigenvalue weighted by Gasteiger charge is 2.36. The number of likely N-dealkylation sites (N-methyl/N-ethyl adjacent to an activating group) is 1. The van der Waals surface area contributed by atoms with Gasteiger partial charge in [0.15, 0.2) is 0 Å². The quantitative estimate of drug-likeness (QED) is 0.662. The van der Waals surface area contributed by atoms with Gasteiger partial charge in [-0.05, 0) is 13.8 Å². The van der Waals surface area contributed by atoms with Crippen LogP contribution >= 0.6 is 0 Å². The molecule has 6 nitrogen and oxygen atoms in total. The van der Waals surface area contributed by atoms with Crippen molar-refractivity contribution < 1.29 is 19.8 Å². The second kappa shape index (κ2) is 6.24. The summed E-state index contributed by atoms with van der Waals surface area (Å²) in [5, 5.41) is 17.9. The first-order valence-corrected chi connectivity index (χ1v) is 5.27. The Hall–Kier alpha value is -1.56. The van der Waals surface area contributed by atoms with E-state index in [-0.39, 0.29) is 19.7 Å². The third-order valence-electron chi connectivity index (χ3n) is 2.64. The summed E-state index contributed by atoms with van der Waals surface area (Å²) in [5.74, 6) is -1.09. The van der Waals surface area contributed by atoms with E-state index >= 15 is 0 Å². The molecule has 98 valence electrons. The van der Waals surface area contributed by atoms with Gasteiger partial charge in [-0.15, -0.1) is 6.58 Å². The van der Waals surface area contributed by atoms with Crippen LogP contribution in [0.2, 0.25) is 0 Å². The van der Waals surface area contributed by atoms with Crippen LogP contribution in [0, 0.1) is 0 Å². The van der Waals surface area contributed by atoms with Crippen molar-refractivity contribution in [3.05, 3.63) is 12.7 Å². The number of carboxylic acid groups (broad SMARTS) is 1. The monoisotopic (exact) mass is 244 g/mol. The molecule has 0 spiro atoms. The maximum atomic E-state index is 12.0. The highest BCUT2D eigenvalue weighted by atomic mass is 16.4. The number of amides is 2. The fourth-order valence-electron chi connectivity index (χ4n) is 1.14. The Balaban J connectivity index is 4.87. The molecular weight excluding hydrogens is 224 g/mol. The number of rotatable bonds is 6. The van der Waals surface area contributed by atoms with E-state index in [1.54, 1.807) is 0 Å². The summed E-state index contributed by atoms with van der Waals surface area (Å²) in [7, 11) is 1.42. The van der Waals surface area contributed by atoms with Gasteiger partial charge in [-0.3, -0.25) is 0 Å². The molecular formula is C11H20N2O4. The summed E-state index contributed by atoms with van der Waals surface area (Å²) in [5.41, 5.74) is -1.30. The SMILES string of the molecule is C=CCN(CCO)C(=O)N(C)C(C)(C)C(=O)O. The lowest BCUT2D eigenvalue weighted by Gasteiger charge is -2.35. The van der Waals surface area contributed by atoms with Gasteiger partial charge in [0.05, 0.1) is 6.61 Å². The number of hydrogen-bond acceptors (Lipinski definition) is 3. The third kappa shape index (κ3) is 3.74. The Bertz CT molecular complexity index is 302. The number of nitrogens with zero attached hydrogens (tertiary/aromatic N) is 2. The van der Waals surface area contributed by atoms with Gasteiger partial charge in [-0.2, -0.15) is 0 Å². The molecule has 0 bridgehead atoms. The normalized spacial score (nSPS) is 10.8. The summed E-state index contributed by atoms with van der Waals surface area (Å²) in [6.45, 7) is 6.62. The van der Waals surface area contributed by atoms with E-state index < -0.39 is 17.5 Å². The Kier molecular flexibility index (Phi) is 5.67. The van der Waals surface area contributed by atoms with Crippen LogP contribution in [0.15, 0.2) is 12.7 Å². The standard InChI is InChI=1S/C11H20N2O4/c1-5-6-13(7-8-14)10(17)12(4)11(2,3)9(15)16/h5,14H,1,6-8H2,2-4H3,(H,15,16). The molecule has 0 aliphatic carbocycles. The van der Waals surface area contributed by atoms with Gasteiger partial charge in [0.2, 0.25) is 0 Å². The molecule has 0 aromatic carbocycles. The zero-order valence-corrected chi connectivity index (χ0v) is 10.5. The van der Waals surface area contributed by atoms with E-state index in [2.05, 4.69) is 6.58 Å². The van der Waals surface area contributed by atoms with Gasteiger partial charge in [0.25, 0.3) is 0 Å². The second-order valence-electron chi connectivity index (χ2n) is 4.16. The summed E-state index contributed by atoms with van der Waals surface area (Å²) in [6.07, 6.45) is 1.52. The van der Waals surface area contributed by atoms with Gasteiger partial charge in [0, 0.05) is 20.1 Å². The lowest BCUT2D eigenvalue weighted by molar-refractivity contribution is -0.147. The Labute approximate surface area is 101 Å². The molecule has 0 aliphatic rings. The fourth-order valence-corrected chi connectivity index (χ4v) is 1.14. The molecule has 0 saturated heterocycles. The molecule has 0 saturated carbocycles. The lowest BCUT2D eigenvalue weighted by Crippen LogP contribution is -2.55. The molecule has 0 aromatic rings. The van der Waals surface area contributed by atoms with Gasteiger partial charge >= 0.3 is 12.0 Å². The van der Waals surface area contributed by atoms with E-state index in [9.17, 15) is 9.59 Å². The number of hydrogen-bond donors (Lipinski definition) is 2. The molecule has 17 heavy (non-hydrogen) atoms. The number of aliphatic carboxylic acids is 1. The maximum absolute atomic E-state index is 12.0. The number of carboxylic acids is 1. The minimum atomic E-state index is -1.30. The first-order valence-electron chi connectivity index (χ1n) is 5.27. The van der Waals surface area contributed by atoms with E-state index in [0.29, 0.717) is 0 Å². The van der Waals surface area contributed by atoms with Crippen LogP contribution in [0.3, 0.4) is 0 Å². The maximum Gasteiger partial charge on any atom is 0.329 e. The van der Waals surface area contributed by atoms with Crippen LogP contribution in [0.1, 0.15) is 13.8 Å². The van der Waals surface area contributed by atoms with E-state index in [1.807, 2.05) is 0 Å². The van der Waals surface area contributed by atoms with E-state index in [4.69, 9.17) is 10.2 Å². The topological polar surface area (TPSA) is 81.1 Å². The van der Waals surface area contributed by atoms with Gasteiger partial charge < -0.3 is 20.0 Å². The molecule has 0 aromatic heterocycles. The van der Waals surface area contributed by atoms with Gasteiger partial charge in [-0.1, -0.05) is 6.08 Å². The molecule has 6 heteroatoms. The minimum absolute atomic E-state index is 0.144. The first-order chi connectivity index (χ1) is 7.78. The van der Waals surface area contributed by atoms with Crippen molar-refractivity contribution in [2.24, 2.45) is 0 Å². The zero-order chi connectivity index (χ0) is 13.6. The Morgan fingerprint density at radius 1 is 1.41 bits per heavy atom. The van der Waals surface area contributed by atoms with Crippen molar-refractivity contribution >= 4 is 12.0 Å². The number of urea groups is 1. The summed E-state index contributed by atoms with van der Waals surface area (Å²) >= 11 is 0. The summed E-state index contributed by atoms with van der Waals surface area (Å²) < 4.78 is 0. The number of aliphatic hydroxyl groups excluding tert-OH is 1. The largest absolute Gasteiger partial charge is 0.480 e. The van der Waals surface area contributed by atoms with E-state index in [0.717, 1.165) is 4.90 Å². The van der Waals surface area contributed by atoms with E-state index in [1.165, 1.54) is 31.9 Å². The van der Waals surface area contributed by atoms with Crippen molar-refractivity contribution in [1.29, 1.82) is 0 Å². The van der Waals surface area contributed by atoms with Crippen LogP contribution in [-0.2, 0) is 4.79 Å². The third-order valence-corrected chi connectivity index (χ3v) is 2.64. The van der Waals surface area contributed by atoms with Crippen LogP contribution in [-0.4, -0.2) is 64.3 Å². The zero-order valence-electron chi connectivity index (χ0n) is 10.5. The van der Waals surface area contributed by atoms with Gasteiger partial charge in [0.1, 0.15) is 5.54 Å². The average Bonchev–Trinajstić information content (AvgIpc) is 2.26. The average molecular weight is 244 g/mol. The highest BCUT2D eigenvalue weighted by Crippen LogP contribution is 2.14. The number of aliphatic hydroxyl groups is 1. The second-order valence-corrected chi connectivity index (χ2v) is 4.16. The smallest absolute Gasteiger partial charge is 0.329 e. The van der Waals surface area contributed by atoms with Crippen LogP contribution in [0.4, 0.5) is 4.79 Å². The fraction of sp³-hybridized carbons (Fsp3) is 0.636. The molecule has 0 radical (unpaired) electrons. The van der Waals surface area contributed by atoms with Crippen molar-refractivity contribution in [3.8, 4) is 0 Å². The molecule has 0 fully saturated rings. The van der Waals surface area contributed by atoms with Crippen LogP contribution < -0.4 is 0 Å². The minimum Gasteiger partial charge on any atom is -0.480 e. The summed E-state index contributed by atoms with van der Waals surface area (Å²) in [4.78, 5) is 25.5. The summed E-state index contributed by atoms with van der Waals surface area (Å²) in [6, 6.07) is -0.452. The van der Waals surface area contributed by atoms with Crippen LogP contribution in [0.5, 0.6) is 0 Å².